The maximum atomic E-state index is 12.8. The van der Waals surface area contributed by atoms with Gasteiger partial charge < -0.3 is 14.5 Å². The fraction of sp³-hybridized carbons (Fsp3) is 0.480. The van der Waals surface area contributed by atoms with E-state index in [1.165, 1.54) is 0 Å². The van der Waals surface area contributed by atoms with Crippen LogP contribution in [0.3, 0.4) is 0 Å². The van der Waals surface area contributed by atoms with Gasteiger partial charge in [-0.1, -0.05) is 24.3 Å². The molecule has 166 valence electrons. The zero-order valence-corrected chi connectivity index (χ0v) is 18.6. The lowest BCUT2D eigenvalue weighted by Gasteiger charge is -2.33. The molecule has 1 aliphatic rings. The first-order chi connectivity index (χ1) is 15.1. The van der Waals surface area contributed by atoms with E-state index in [2.05, 4.69) is 4.98 Å². The SMILES string of the molecule is COc1ccccc1CC(=O)N1CCC[C@@H](CCC(=O)N(C)CCc2ccccn2)C1. The summed E-state index contributed by atoms with van der Waals surface area (Å²) in [5, 5.41) is 0. The highest BCUT2D eigenvalue weighted by Crippen LogP contribution is 2.24. The zero-order chi connectivity index (χ0) is 22.1. The van der Waals surface area contributed by atoms with Crippen LogP contribution in [0.1, 0.15) is 36.9 Å². The summed E-state index contributed by atoms with van der Waals surface area (Å²) in [5.74, 6) is 1.42. The van der Waals surface area contributed by atoms with Crippen LogP contribution in [0.15, 0.2) is 48.7 Å². The molecule has 1 aromatic carbocycles. The van der Waals surface area contributed by atoms with Gasteiger partial charge in [-0.15, -0.1) is 0 Å². The first-order valence-electron chi connectivity index (χ1n) is 11.1. The summed E-state index contributed by atoms with van der Waals surface area (Å²) in [7, 11) is 3.49. The van der Waals surface area contributed by atoms with Gasteiger partial charge in [-0.05, 0) is 43.4 Å². The standard InChI is InChI=1S/C25H33N3O3/c1-27(17-14-22-10-5-6-15-26-22)24(29)13-12-20-8-7-16-28(19-20)25(30)18-21-9-3-4-11-23(21)31-2/h3-6,9-11,15,20H,7-8,12-14,16-19H2,1-2H3/t20-/m0/s1. The Morgan fingerprint density at radius 1 is 1.19 bits per heavy atom. The van der Waals surface area contributed by atoms with E-state index < -0.39 is 0 Å². The number of hydrogen-bond acceptors (Lipinski definition) is 4. The normalized spacial score (nSPS) is 16.1. The number of benzene rings is 1. The summed E-state index contributed by atoms with van der Waals surface area (Å²) >= 11 is 0. The van der Waals surface area contributed by atoms with Crippen molar-refractivity contribution >= 4 is 11.8 Å². The van der Waals surface area contributed by atoms with Gasteiger partial charge in [0.05, 0.1) is 13.5 Å². The van der Waals surface area contributed by atoms with Crippen LogP contribution in [0.25, 0.3) is 0 Å². The largest absolute Gasteiger partial charge is 0.496 e. The third-order valence-electron chi connectivity index (χ3n) is 6.03. The minimum atomic E-state index is 0.132. The molecular weight excluding hydrogens is 390 g/mol. The molecule has 6 heteroatoms. The second-order valence-electron chi connectivity index (χ2n) is 8.26. The minimum Gasteiger partial charge on any atom is -0.496 e. The topological polar surface area (TPSA) is 62.7 Å². The van der Waals surface area contributed by atoms with E-state index in [-0.39, 0.29) is 11.8 Å². The molecule has 2 amide bonds. The molecule has 1 aliphatic heterocycles. The Labute approximate surface area is 185 Å². The summed E-state index contributed by atoms with van der Waals surface area (Å²) in [5.41, 5.74) is 1.92. The summed E-state index contributed by atoms with van der Waals surface area (Å²) in [6.07, 6.45) is 6.31. The first-order valence-corrected chi connectivity index (χ1v) is 11.1. The summed E-state index contributed by atoms with van der Waals surface area (Å²) in [6.45, 7) is 2.20. The van der Waals surface area contributed by atoms with Crippen LogP contribution in [0.2, 0.25) is 0 Å². The van der Waals surface area contributed by atoms with Gasteiger partial charge in [-0.25, -0.2) is 0 Å². The van der Waals surface area contributed by atoms with Crippen molar-refractivity contribution in [2.24, 2.45) is 5.92 Å². The van der Waals surface area contributed by atoms with Crippen molar-refractivity contribution in [3.05, 3.63) is 59.9 Å². The number of piperidine rings is 1. The number of amides is 2. The third-order valence-corrected chi connectivity index (χ3v) is 6.03. The van der Waals surface area contributed by atoms with Gasteiger partial charge in [0.2, 0.25) is 11.8 Å². The lowest BCUT2D eigenvalue weighted by atomic mass is 9.92. The molecule has 0 bridgehead atoms. The van der Waals surface area contributed by atoms with Crippen LogP contribution in [0.5, 0.6) is 5.75 Å². The summed E-state index contributed by atoms with van der Waals surface area (Å²) in [4.78, 5) is 33.4. The molecule has 1 aromatic heterocycles. The van der Waals surface area contributed by atoms with Crippen LogP contribution in [-0.4, -0.2) is 60.4 Å². The van der Waals surface area contributed by atoms with E-state index in [4.69, 9.17) is 4.74 Å². The number of ether oxygens (including phenoxy) is 1. The van der Waals surface area contributed by atoms with E-state index >= 15 is 0 Å². The van der Waals surface area contributed by atoms with Crippen LogP contribution < -0.4 is 4.74 Å². The fourth-order valence-electron chi connectivity index (χ4n) is 4.12. The smallest absolute Gasteiger partial charge is 0.227 e. The Balaban J connectivity index is 1.43. The quantitative estimate of drug-likeness (QED) is 0.621. The Morgan fingerprint density at radius 3 is 2.77 bits per heavy atom. The van der Waals surface area contributed by atoms with Gasteiger partial charge in [0.1, 0.15) is 5.75 Å². The number of pyridine rings is 1. The number of para-hydroxylation sites is 1. The molecule has 0 aliphatic carbocycles. The molecule has 31 heavy (non-hydrogen) atoms. The molecule has 0 radical (unpaired) electrons. The van der Waals surface area contributed by atoms with Crippen molar-refractivity contribution in [1.82, 2.24) is 14.8 Å². The van der Waals surface area contributed by atoms with Gasteiger partial charge >= 0.3 is 0 Å². The van der Waals surface area contributed by atoms with Gasteiger partial charge in [-0.3, -0.25) is 14.6 Å². The van der Waals surface area contributed by atoms with E-state index in [0.717, 1.165) is 55.8 Å². The molecule has 1 fully saturated rings. The minimum absolute atomic E-state index is 0.132. The average Bonchev–Trinajstić information content (AvgIpc) is 2.82. The van der Waals surface area contributed by atoms with Gasteiger partial charge in [0.15, 0.2) is 0 Å². The number of aromatic nitrogens is 1. The summed E-state index contributed by atoms with van der Waals surface area (Å²) in [6, 6.07) is 13.5. The lowest BCUT2D eigenvalue weighted by Crippen LogP contribution is -2.41. The second-order valence-corrected chi connectivity index (χ2v) is 8.26. The van der Waals surface area contributed by atoms with Gasteiger partial charge in [-0.2, -0.15) is 0 Å². The van der Waals surface area contributed by atoms with Crippen molar-refractivity contribution < 1.29 is 14.3 Å². The number of carbonyl (C=O) groups excluding carboxylic acids is 2. The monoisotopic (exact) mass is 423 g/mol. The highest BCUT2D eigenvalue weighted by Gasteiger charge is 2.25. The van der Waals surface area contributed by atoms with Crippen LogP contribution in [0.4, 0.5) is 0 Å². The maximum absolute atomic E-state index is 12.8. The number of hydrogen-bond donors (Lipinski definition) is 0. The highest BCUT2D eigenvalue weighted by molar-refractivity contribution is 5.79. The predicted octanol–water partition coefficient (Wildman–Crippen LogP) is 3.35. The maximum Gasteiger partial charge on any atom is 0.227 e. The molecule has 0 spiro atoms. The van der Waals surface area contributed by atoms with Gasteiger partial charge in [0, 0.05) is 57.0 Å². The average molecular weight is 424 g/mol. The molecule has 0 saturated carbocycles. The number of nitrogens with zero attached hydrogens (tertiary/aromatic N) is 3. The Hall–Kier alpha value is -2.89. The predicted molar refractivity (Wildman–Crippen MR) is 121 cm³/mol. The number of likely N-dealkylation sites (tertiary alicyclic amines) is 1. The Bertz CT molecular complexity index is 856. The highest BCUT2D eigenvalue weighted by atomic mass is 16.5. The number of methoxy groups -OCH3 is 1. The van der Waals surface area contributed by atoms with Crippen LogP contribution in [-0.2, 0) is 22.4 Å². The molecule has 2 heterocycles. The van der Waals surface area contributed by atoms with Gasteiger partial charge in [0.25, 0.3) is 0 Å². The first kappa shape index (κ1) is 22.8. The number of rotatable bonds is 9. The second kappa shape index (κ2) is 11.5. The zero-order valence-electron chi connectivity index (χ0n) is 18.6. The van der Waals surface area contributed by atoms with E-state index in [9.17, 15) is 9.59 Å². The van der Waals surface area contributed by atoms with E-state index in [1.807, 2.05) is 54.4 Å². The van der Waals surface area contributed by atoms with E-state index in [1.54, 1.807) is 18.2 Å². The van der Waals surface area contributed by atoms with Crippen LogP contribution >= 0.6 is 0 Å². The molecule has 2 aromatic rings. The molecule has 0 unspecified atom stereocenters. The van der Waals surface area contributed by atoms with Crippen molar-refractivity contribution in [2.75, 3.05) is 33.8 Å². The Kier molecular flexibility index (Phi) is 8.44. The lowest BCUT2D eigenvalue weighted by molar-refractivity contribution is -0.132. The third kappa shape index (κ3) is 6.81. The molecule has 0 N–H and O–H groups in total. The number of carbonyl (C=O) groups is 2. The number of likely N-dealkylation sites (N-methyl/N-ethyl adjacent to an activating group) is 1. The molecule has 6 nitrogen and oxygen atoms in total. The van der Waals surface area contributed by atoms with Crippen LogP contribution in [0, 0.1) is 5.92 Å². The van der Waals surface area contributed by atoms with Crippen molar-refractivity contribution in [3.8, 4) is 5.75 Å². The molecule has 1 atom stereocenters. The molecular formula is C25H33N3O3. The summed E-state index contributed by atoms with van der Waals surface area (Å²) < 4.78 is 5.37. The van der Waals surface area contributed by atoms with Crippen molar-refractivity contribution in [3.63, 3.8) is 0 Å². The molecule has 3 rings (SSSR count). The Morgan fingerprint density at radius 2 is 2.00 bits per heavy atom. The van der Waals surface area contributed by atoms with Crippen molar-refractivity contribution in [1.29, 1.82) is 0 Å². The fourth-order valence-corrected chi connectivity index (χ4v) is 4.12. The van der Waals surface area contributed by atoms with Crippen molar-refractivity contribution in [2.45, 2.75) is 38.5 Å². The molecule has 1 saturated heterocycles. The van der Waals surface area contributed by atoms with E-state index in [0.29, 0.717) is 25.3 Å².